The molecule has 0 saturated heterocycles. The number of carboxylic acids is 1. The smallest absolute Gasteiger partial charge is 0.319 e. The lowest BCUT2D eigenvalue weighted by Crippen LogP contribution is -2.37. The molecule has 0 aliphatic heterocycles. The van der Waals surface area contributed by atoms with E-state index in [1.54, 1.807) is 6.92 Å². The minimum atomic E-state index is -1.00. The molecule has 0 radical (unpaired) electrons. The maximum absolute atomic E-state index is 13.1. The standard InChI is InChI=1S/C12H15FN2O4/c1-7(5-11(16)17)14-12(18)15-8-3-4-9(13)10(6-8)19-2/h3-4,6-7H,5H2,1-2H3,(H,16,17)(H2,14,15,18). The number of benzene rings is 1. The van der Waals surface area contributed by atoms with Gasteiger partial charge in [-0.3, -0.25) is 4.79 Å². The first-order valence-corrected chi connectivity index (χ1v) is 5.55. The summed E-state index contributed by atoms with van der Waals surface area (Å²) in [7, 11) is 1.32. The van der Waals surface area contributed by atoms with Crippen LogP contribution in [0.4, 0.5) is 14.9 Å². The highest BCUT2D eigenvalue weighted by Gasteiger charge is 2.11. The van der Waals surface area contributed by atoms with E-state index in [2.05, 4.69) is 10.6 Å². The number of methoxy groups -OCH3 is 1. The molecule has 104 valence electrons. The normalized spacial score (nSPS) is 11.5. The van der Waals surface area contributed by atoms with Crippen molar-refractivity contribution in [1.82, 2.24) is 5.32 Å². The van der Waals surface area contributed by atoms with Crippen LogP contribution >= 0.6 is 0 Å². The van der Waals surface area contributed by atoms with E-state index in [0.717, 1.165) is 6.07 Å². The molecule has 0 aliphatic rings. The first kappa shape index (κ1) is 14.7. The summed E-state index contributed by atoms with van der Waals surface area (Å²) in [6, 6.07) is 2.79. The van der Waals surface area contributed by atoms with Gasteiger partial charge in [-0.05, 0) is 19.1 Å². The van der Waals surface area contributed by atoms with Gasteiger partial charge in [0.2, 0.25) is 0 Å². The molecule has 19 heavy (non-hydrogen) atoms. The molecule has 1 aromatic carbocycles. The molecule has 0 fully saturated rings. The number of nitrogens with one attached hydrogen (secondary N) is 2. The van der Waals surface area contributed by atoms with Crippen LogP contribution in [-0.2, 0) is 4.79 Å². The van der Waals surface area contributed by atoms with Crippen molar-refractivity contribution >= 4 is 17.7 Å². The second-order valence-corrected chi connectivity index (χ2v) is 3.95. The third-order valence-corrected chi connectivity index (χ3v) is 2.27. The average molecular weight is 270 g/mol. The first-order valence-electron chi connectivity index (χ1n) is 5.55. The molecule has 1 rings (SSSR count). The van der Waals surface area contributed by atoms with Crippen molar-refractivity contribution in [2.24, 2.45) is 0 Å². The Balaban J connectivity index is 2.59. The summed E-state index contributed by atoms with van der Waals surface area (Å²) < 4.78 is 17.9. The SMILES string of the molecule is COc1cc(NC(=O)NC(C)CC(=O)O)ccc1F. The monoisotopic (exact) mass is 270 g/mol. The van der Waals surface area contributed by atoms with Gasteiger partial charge in [0, 0.05) is 17.8 Å². The van der Waals surface area contributed by atoms with Crippen LogP contribution < -0.4 is 15.4 Å². The minimum absolute atomic E-state index is 0.0105. The molecular formula is C12H15FN2O4. The second-order valence-electron chi connectivity index (χ2n) is 3.95. The summed E-state index contributed by atoms with van der Waals surface area (Å²) >= 11 is 0. The van der Waals surface area contributed by atoms with Crippen molar-refractivity contribution in [3.05, 3.63) is 24.0 Å². The van der Waals surface area contributed by atoms with Gasteiger partial charge >= 0.3 is 12.0 Å². The maximum Gasteiger partial charge on any atom is 0.319 e. The van der Waals surface area contributed by atoms with E-state index in [-0.39, 0.29) is 12.2 Å². The van der Waals surface area contributed by atoms with Gasteiger partial charge in [-0.1, -0.05) is 0 Å². The number of amides is 2. The Morgan fingerprint density at radius 1 is 1.47 bits per heavy atom. The van der Waals surface area contributed by atoms with Crippen molar-refractivity contribution < 1.29 is 23.8 Å². The molecular weight excluding hydrogens is 255 g/mol. The van der Waals surface area contributed by atoms with Crippen molar-refractivity contribution in [1.29, 1.82) is 0 Å². The highest BCUT2D eigenvalue weighted by Crippen LogP contribution is 2.21. The zero-order valence-corrected chi connectivity index (χ0v) is 10.6. The molecule has 1 aromatic rings. The van der Waals surface area contributed by atoms with Crippen LogP contribution in [0.1, 0.15) is 13.3 Å². The summed E-state index contributed by atoms with van der Waals surface area (Å²) in [5, 5.41) is 13.5. The third kappa shape index (κ3) is 4.82. The number of ether oxygens (including phenoxy) is 1. The van der Waals surface area contributed by atoms with Crippen LogP contribution in [0, 0.1) is 5.82 Å². The van der Waals surface area contributed by atoms with Gasteiger partial charge in [-0.15, -0.1) is 0 Å². The van der Waals surface area contributed by atoms with Gasteiger partial charge in [0.05, 0.1) is 13.5 Å². The van der Waals surface area contributed by atoms with Crippen LogP contribution in [-0.4, -0.2) is 30.3 Å². The zero-order valence-electron chi connectivity index (χ0n) is 10.6. The number of carbonyl (C=O) groups excluding carboxylic acids is 1. The lowest BCUT2D eigenvalue weighted by Gasteiger charge is -2.13. The lowest BCUT2D eigenvalue weighted by molar-refractivity contribution is -0.137. The summed E-state index contributed by atoms with van der Waals surface area (Å²) in [4.78, 5) is 22.0. The highest BCUT2D eigenvalue weighted by atomic mass is 19.1. The van der Waals surface area contributed by atoms with Crippen LogP contribution in [0.15, 0.2) is 18.2 Å². The van der Waals surface area contributed by atoms with E-state index in [9.17, 15) is 14.0 Å². The number of rotatable bonds is 5. The zero-order chi connectivity index (χ0) is 14.4. The molecule has 0 aromatic heterocycles. The van der Waals surface area contributed by atoms with Gasteiger partial charge in [0.15, 0.2) is 11.6 Å². The molecule has 1 atom stereocenters. The Morgan fingerprint density at radius 2 is 2.16 bits per heavy atom. The third-order valence-electron chi connectivity index (χ3n) is 2.27. The van der Waals surface area contributed by atoms with E-state index < -0.39 is 23.9 Å². The number of carbonyl (C=O) groups is 2. The summed E-state index contributed by atoms with van der Waals surface area (Å²) in [5.74, 6) is -1.53. The highest BCUT2D eigenvalue weighted by molar-refractivity contribution is 5.89. The van der Waals surface area contributed by atoms with E-state index >= 15 is 0 Å². The van der Waals surface area contributed by atoms with E-state index in [1.807, 2.05) is 0 Å². The molecule has 7 heteroatoms. The van der Waals surface area contributed by atoms with Gasteiger partial charge in [0.1, 0.15) is 0 Å². The molecule has 0 saturated carbocycles. The van der Waals surface area contributed by atoms with Crippen LogP contribution in [0.25, 0.3) is 0 Å². The van der Waals surface area contributed by atoms with E-state index in [4.69, 9.17) is 9.84 Å². The number of urea groups is 1. The molecule has 3 N–H and O–H groups in total. The lowest BCUT2D eigenvalue weighted by atomic mass is 10.2. The second kappa shape index (κ2) is 6.58. The summed E-state index contributed by atoms with van der Waals surface area (Å²) in [5.41, 5.74) is 0.346. The number of halogens is 1. The van der Waals surface area contributed by atoms with Crippen molar-refractivity contribution in [3.63, 3.8) is 0 Å². The fraction of sp³-hybridized carbons (Fsp3) is 0.333. The molecule has 1 unspecified atom stereocenters. The van der Waals surface area contributed by atoms with Crippen molar-refractivity contribution in [2.45, 2.75) is 19.4 Å². The van der Waals surface area contributed by atoms with Crippen LogP contribution in [0.5, 0.6) is 5.75 Å². The molecule has 0 bridgehead atoms. The van der Waals surface area contributed by atoms with Gasteiger partial charge in [-0.25, -0.2) is 9.18 Å². The predicted octanol–water partition coefficient (Wildman–Crippen LogP) is 1.82. The predicted molar refractivity (Wildman–Crippen MR) is 66.8 cm³/mol. The maximum atomic E-state index is 13.1. The Kier molecular flexibility index (Phi) is 5.11. The number of hydrogen-bond donors (Lipinski definition) is 3. The van der Waals surface area contributed by atoms with E-state index in [1.165, 1.54) is 19.2 Å². The average Bonchev–Trinajstić information content (AvgIpc) is 2.30. The topological polar surface area (TPSA) is 87.7 Å². The van der Waals surface area contributed by atoms with Crippen LogP contribution in [0.3, 0.4) is 0 Å². The van der Waals surface area contributed by atoms with Crippen molar-refractivity contribution in [3.8, 4) is 5.75 Å². The number of carboxylic acid groups (broad SMARTS) is 1. The molecule has 0 aliphatic carbocycles. The molecule has 2 amide bonds. The Labute approximate surface area is 109 Å². The Bertz CT molecular complexity index is 479. The molecule has 6 nitrogen and oxygen atoms in total. The Morgan fingerprint density at radius 3 is 2.74 bits per heavy atom. The Hall–Kier alpha value is -2.31. The van der Waals surface area contributed by atoms with Crippen molar-refractivity contribution in [2.75, 3.05) is 12.4 Å². The molecule has 0 spiro atoms. The van der Waals surface area contributed by atoms with Gasteiger partial charge < -0.3 is 20.5 Å². The summed E-state index contributed by atoms with van der Waals surface area (Å²) in [6.07, 6.45) is -0.180. The van der Waals surface area contributed by atoms with Gasteiger partial charge in [0.25, 0.3) is 0 Å². The number of aliphatic carboxylic acids is 1. The first-order chi connectivity index (χ1) is 8.92. The molecule has 0 heterocycles. The number of hydrogen-bond acceptors (Lipinski definition) is 3. The fourth-order valence-electron chi connectivity index (χ4n) is 1.44. The minimum Gasteiger partial charge on any atom is -0.494 e. The summed E-state index contributed by atoms with van der Waals surface area (Å²) in [6.45, 7) is 1.57. The van der Waals surface area contributed by atoms with E-state index in [0.29, 0.717) is 5.69 Å². The quantitative estimate of drug-likeness (QED) is 0.761. The largest absolute Gasteiger partial charge is 0.494 e. The fourth-order valence-corrected chi connectivity index (χ4v) is 1.44. The number of anilines is 1. The van der Waals surface area contributed by atoms with Gasteiger partial charge in [-0.2, -0.15) is 0 Å². The van der Waals surface area contributed by atoms with Crippen LogP contribution in [0.2, 0.25) is 0 Å².